The number of carbonyl (C=O) groups is 2. The number of benzene rings is 2. The number of hydrogen-bond acceptors (Lipinski definition) is 7. The van der Waals surface area contributed by atoms with E-state index in [9.17, 15) is 9.59 Å². The van der Waals surface area contributed by atoms with Gasteiger partial charge in [-0.15, -0.1) is 11.8 Å². The first-order valence-electron chi connectivity index (χ1n) is 9.51. The number of Topliss-reactive ketones (excluding diaryl/α,β-unsaturated/α-hetero) is 1. The molecule has 0 spiro atoms. The van der Waals surface area contributed by atoms with Crippen molar-refractivity contribution in [2.45, 2.75) is 12.2 Å². The average molecular weight is 441 g/mol. The largest absolute Gasteiger partial charge is 0.497 e. The van der Waals surface area contributed by atoms with Crippen molar-refractivity contribution >= 4 is 29.1 Å². The first kappa shape index (κ1) is 22.5. The molecule has 1 unspecified atom stereocenters. The Morgan fingerprint density at radius 1 is 0.839 bits per heavy atom. The second-order valence-electron chi connectivity index (χ2n) is 6.74. The van der Waals surface area contributed by atoms with Gasteiger partial charge in [-0.2, -0.15) is 0 Å². The Kier molecular flexibility index (Phi) is 7.07. The van der Waals surface area contributed by atoms with Gasteiger partial charge in [0.1, 0.15) is 5.75 Å². The van der Waals surface area contributed by atoms with E-state index in [1.807, 2.05) is 31.2 Å². The molecule has 2 aromatic carbocycles. The second kappa shape index (κ2) is 9.75. The third-order valence-electron chi connectivity index (χ3n) is 5.06. The third kappa shape index (κ3) is 4.61. The summed E-state index contributed by atoms with van der Waals surface area (Å²) < 4.78 is 20.7. The molecule has 0 fully saturated rings. The predicted molar refractivity (Wildman–Crippen MR) is 121 cm³/mol. The molecule has 7 heteroatoms. The van der Waals surface area contributed by atoms with Crippen molar-refractivity contribution in [1.29, 1.82) is 0 Å². The summed E-state index contributed by atoms with van der Waals surface area (Å²) in [6, 6.07) is 12.6. The van der Waals surface area contributed by atoms with Crippen LogP contribution in [0.15, 0.2) is 59.0 Å². The van der Waals surface area contributed by atoms with Crippen molar-refractivity contribution in [2.75, 3.05) is 28.4 Å². The van der Waals surface area contributed by atoms with E-state index in [4.69, 9.17) is 18.9 Å². The SMILES string of the molecule is COC(=O)C1=C/C(=C(/C)c2ccc(OC)cc2)C(C(=O)c2ccc(OC)c(OC)c2)S1. The van der Waals surface area contributed by atoms with E-state index in [0.717, 1.165) is 22.5 Å². The Labute approximate surface area is 185 Å². The predicted octanol–water partition coefficient (Wildman–Crippen LogP) is 4.54. The van der Waals surface area contributed by atoms with Gasteiger partial charge < -0.3 is 18.9 Å². The number of allylic oxidation sites excluding steroid dienone is 2. The lowest BCUT2D eigenvalue weighted by Crippen LogP contribution is -2.18. The molecule has 0 bridgehead atoms. The summed E-state index contributed by atoms with van der Waals surface area (Å²) in [6.07, 6.45) is 1.74. The Hall–Kier alpha value is -3.19. The topological polar surface area (TPSA) is 71.1 Å². The Bertz CT molecular complexity index is 1050. The fourth-order valence-electron chi connectivity index (χ4n) is 3.30. The molecule has 1 aliphatic rings. The summed E-state index contributed by atoms with van der Waals surface area (Å²) in [6.45, 7) is 1.93. The molecule has 0 saturated carbocycles. The molecule has 0 amide bonds. The summed E-state index contributed by atoms with van der Waals surface area (Å²) in [4.78, 5) is 26.0. The van der Waals surface area contributed by atoms with Crippen LogP contribution in [-0.4, -0.2) is 45.4 Å². The number of carbonyl (C=O) groups excluding carboxylic acids is 2. The van der Waals surface area contributed by atoms with E-state index < -0.39 is 11.2 Å². The molecule has 1 heterocycles. The molecule has 2 aromatic rings. The first-order chi connectivity index (χ1) is 14.9. The third-order valence-corrected chi connectivity index (χ3v) is 6.30. The zero-order valence-electron chi connectivity index (χ0n) is 18.1. The number of esters is 1. The van der Waals surface area contributed by atoms with Crippen LogP contribution in [0.4, 0.5) is 0 Å². The minimum Gasteiger partial charge on any atom is -0.497 e. The van der Waals surface area contributed by atoms with Crippen LogP contribution in [0.5, 0.6) is 17.2 Å². The zero-order valence-corrected chi connectivity index (χ0v) is 18.9. The molecule has 3 rings (SSSR count). The van der Waals surface area contributed by atoms with Gasteiger partial charge in [0.05, 0.1) is 38.6 Å². The van der Waals surface area contributed by atoms with Crippen LogP contribution >= 0.6 is 11.8 Å². The fraction of sp³-hybridized carbons (Fsp3) is 0.250. The number of ether oxygens (including phenoxy) is 4. The highest BCUT2D eigenvalue weighted by Gasteiger charge is 2.35. The smallest absolute Gasteiger partial charge is 0.344 e. The van der Waals surface area contributed by atoms with Gasteiger partial charge >= 0.3 is 5.97 Å². The highest BCUT2D eigenvalue weighted by Crippen LogP contribution is 2.42. The monoisotopic (exact) mass is 440 g/mol. The maximum Gasteiger partial charge on any atom is 0.344 e. The lowest BCUT2D eigenvalue weighted by atomic mass is 9.94. The van der Waals surface area contributed by atoms with Crippen LogP contribution in [0.2, 0.25) is 0 Å². The van der Waals surface area contributed by atoms with E-state index >= 15 is 0 Å². The van der Waals surface area contributed by atoms with Crippen molar-refractivity contribution < 1.29 is 28.5 Å². The van der Waals surface area contributed by atoms with Crippen LogP contribution < -0.4 is 14.2 Å². The molecular formula is C24H24O6S. The standard InChI is InChI=1S/C24H24O6S/c1-14(15-6-9-17(27-2)10-7-15)18-13-21(24(26)30-5)31-23(18)22(25)16-8-11-19(28-3)20(12-16)29-4/h6-13,23H,1-5H3/b18-14+. The minimum atomic E-state index is -0.589. The Morgan fingerprint density at radius 3 is 2.06 bits per heavy atom. The first-order valence-corrected chi connectivity index (χ1v) is 10.4. The van der Waals surface area contributed by atoms with Gasteiger partial charge in [0.25, 0.3) is 0 Å². The molecule has 31 heavy (non-hydrogen) atoms. The van der Waals surface area contributed by atoms with Gasteiger partial charge in [0.2, 0.25) is 0 Å². The van der Waals surface area contributed by atoms with Crippen molar-refractivity contribution in [3.8, 4) is 17.2 Å². The molecule has 0 N–H and O–H groups in total. The second-order valence-corrected chi connectivity index (χ2v) is 7.89. The van der Waals surface area contributed by atoms with Gasteiger partial charge in [-0.25, -0.2) is 4.79 Å². The molecule has 0 aromatic heterocycles. The van der Waals surface area contributed by atoms with Gasteiger partial charge in [-0.3, -0.25) is 4.79 Å². The van der Waals surface area contributed by atoms with Crippen LogP contribution in [-0.2, 0) is 9.53 Å². The quantitative estimate of drug-likeness (QED) is 0.462. The number of thioether (sulfide) groups is 1. The summed E-state index contributed by atoms with van der Waals surface area (Å²) in [5, 5.41) is -0.589. The van der Waals surface area contributed by atoms with E-state index in [-0.39, 0.29) is 5.78 Å². The van der Waals surface area contributed by atoms with Crippen LogP contribution in [0.3, 0.4) is 0 Å². The molecule has 0 radical (unpaired) electrons. The molecule has 6 nitrogen and oxygen atoms in total. The number of methoxy groups -OCH3 is 4. The molecule has 1 atom stereocenters. The van der Waals surface area contributed by atoms with E-state index in [1.54, 1.807) is 31.4 Å². The summed E-state index contributed by atoms with van der Waals surface area (Å²) in [7, 11) is 5.99. The van der Waals surface area contributed by atoms with Crippen molar-refractivity contribution in [2.24, 2.45) is 0 Å². The minimum absolute atomic E-state index is 0.135. The summed E-state index contributed by atoms with van der Waals surface area (Å²) in [5.74, 6) is 1.15. The van der Waals surface area contributed by atoms with Gasteiger partial charge in [-0.05, 0) is 60.0 Å². The van der Waals surface area contributed by atoms with Crippen LogP contribution in [0.1, 0.15) is 22.8 Å². The zero-order chi connectivity index (χ0) is 22.5. The van der Waals surface area contributed by atoms with Crippen molar-refractivity contribution in [3.05, 3.63) is 70.1 Å². The van der Waals surface area contributed by atoms with E-state index in [0.29, 0.717) is 22.0 Å². The lowest BCUT2D eigenvalue weighted by molar-refractivity contribution is -0.135. The summed E-state index contributed by atoms with van der Waals surface area (Å²) >= 11 is 1.19. The van der Waals surface area contributed by atoms with Gasteiger partial charge in [0.15, 0.2) is 17.3 Å². The molecule has 0 aliphatic carbocycles. The number of rotatable bonds is 7. The van der Waals surface area contributed by atoms with Crippen LogP contribution in [0, 0.1) is 0 Å². The van der Waals surface area contributed by atoms with Gasteiger partial charge in [0, 0.05) is 5.56 Å². The Morgan fingerprint density at radius 2 is 1.48 bits per heavy atom. The van der Waals surface area contributed by atoms with Crippen molar-refractivity contribution in [1.82, 2.24) is 0 Å². The van der Waals surface area contributed by atoms with Crippen LogP contribution in [0.25, 0.3) is 5.57 Å². The molecule has 0 saturated heterocycles. The maximum absolute atomic E-state index is 13.5. The Balaban J connectivity index is 2.04. The number of ketones is 1. The van der Waals surface area contributed by atoms with Crippen molar-refractivity contribution in [3.63, 3.8) is 0 Å². The molecule has 1 aliphatic heterocycles. The normalized spacial score (nSPS) is 16.9. The highest BCUT2D eigenvalue weighted by atomic mass is 32.2. The fourth-order valence-corrected chi connectivity index (χ4v) is 4.54. The molecule has 162 valence electrons. The van der Waals surface area contributed by atoms with E-state index in [2.05, 4.69) is 0 Å². The molecular weight excluding hydrogens is 416 g/mol. The maximum atomic E-state index is 13.5. The van der Waals surface area contributed by atoms with E-state index in [1.165, 1.54) is 33.1 Å². The number of hydrogen-bond donors (Lipinski definition) is 0. The average Bonchev–Trinajstić information content (AvgIpc) is 3.27. The van der Waals surface area contributed by atoms with Gasteiger partial charge in [-0.1, -0.05) is 12.1 Å². The lowest BCUT2D eigenvalue weighted by Gasteiger charge is -2.16. The highest BCUT2D eigenvalue weighted by molar-refractivity contribution is 8.05. The summed E-state index contributed by atoms with van der Waals surface area (Å²) in [5.41, 5.74) is 3.06.